The largest absolute Gasteiger partial charge is 0.395 e. The fourth-order valence-corrected chi connectivity index (χ4v) is 2.04. The Kier molecular flexibility index (Phi) is 4.91. The number of anilines is 1. The molecule has 7 heteroatoms. The first-order chi connectivity index (χ1) is 10.1. The molecule has 1 heterocycles. The molecule has 1 aliphatic rings. The fourth-order valence-electron chi connectivity index (χ4n) is 2.04. The lowest BCUT2D eigenvalue weighted by Crippen LogP contribution is -2.29. The van der Waals surface area contributed by atoms with Gasteiger partial charge in [-0.2, -0.15) is 0 Å². The van der Waals surface area contributed by atoms with Gasteiger partial charge in [0.05, 0.1) is 13.2 Å². The Balaban J connectivity index is 2.13. The van der Waals surface area contributed by atoms with E-state index < -0.39 is 11.9 Å². The summed E-state index contributed by atoms with van der Waals surface area (Å²) >= 11 is 0. The summed E-state index contributed by atoms with van der Waals surface area (Å²) in [5.74, 6) is -0.453. The van der Waals surface area contributed by atoms with Gasteiger partial charge in [-0.15, -0.1) is 0 Å². The molecule has 0 aliphatic carbocycles. The highest BCUT2D eigenvalue weighted by atomic mass is 16.3. The Morgan fingerprint density at radius 1 is 1.00 bits per heavy atom. The summed E-state index contributed by atoms with van der Waals surface area (Å²) in [6, 6.07) is 6.71. The zero-order chi connectivity index (χ0) is 15.2. The fraction of sp³-hybridized carbons (Fsp3) is 0.286. The molecule has 0 saturated carbocycles. The lowest BCUT2D eigenvalue weighted by molar-refractivity contribution is -0.115. The molecule has 0 atom stereocenters. The van der Waals surface area contributed by atoms with Crippen molar-refractivity contribution in [3.05, 3.63) is 35.5 Å². The molecule has 4 N–H and O–H groups in total. The summed E-state index contributed by atoms with van der Waals surface area (Å²) in [6.07, 6.45) is 1.58. The maximum absolute atomic E-state index is 11.4. The summed E-state index contributed by atoms with van der Waals surface area (Å²) in [5.41, 5.74) is 1.83. The van der Waals surface area contributed by atoms with E-state index in [1.807, 2.05) is 17.0 Å². The summed E-state index contributed by atoms with van der Waals surface area (Å²) in [5, 5.41) is 22.6. The standard InChI is InChI=1S/C14H17N3O4/c18-7-5-17(6-8-19)11-3-1-10(2-4-11)9-12-13(20)16-14(21)15-12/h1-4,9,18-19H,5-8H2,(H2,15,16,20,21)/b12-9+. The third kappa shape index (κ3) is 3.80. The second kappa shape index (κ2) is 6.87. The summed E-state index contributed by atoms with van der Waals surface area (Å²) in [4.78, 5) is 24.3. The van der Waals surface area contributed by atoms with Gasteiger partial charge in [0.25, 0.3) is 5.91 Å². The van der Waals surface area contributed by atoms with Crippen LogP contribution in [0.1, 0.15) is 5.56 Å². The van der Waals surface area contributed by atoms with E-state index in [2.05, 4.69) is 10.6 Å². The number of hydrogen-bond acceptors (Lipinski definition) is 5. The number of nitrogens with zero attached hydrogens (tertiary/aromatic N) is 1. The number of hydrogen-bond donors (Lipinski definition) is 4. The van der Waals surface area contributed by atoms with Crippen LogP contribution < -0.4 is 15.5 Å². The molecule has 3 amide bonds. The van der Waals surface area contributed by atoms with Gasteiger partial charge in [-0.1, -0.05) is 12.1 Å². The van der Waals surface area contributed by atoms with E-state index in [0.717, 1.165) is 11.3 Å². The van der Waals surface area contributed by atoms with Gasteiger partial charge in [0.1, 0.15) is 5.70 Å². The predicted molar refractivity (Wildman–Crippen MR) is 77.5 cm³/mol. The maximum Gasteiger partial charge on any atom is 0.326 e. The van der Waals surface area contributed by atoms with Gasteiger partial charge >= 0.3 is 6.03 Å². The van der Waals surface area contributed by atoms with Gasteiger partial charge in [0.2, 0.25) is 0 Å². The third-order valence-corrected chi connectivity index (χ3v) is 3.03. The van der Waals surface area contributed by atoms with Crippen LogP contribution in [0.25, 0.3) is 6.08 Å². The summed E-state index contributed by atoms with van der Waals surface area (Å²) in [7, 11) is 0. The highest BCUT2D eigenvalue weighted by Gasteiger charge is 2.22. The number of amides is 3. The monoisotopic (exact) mass is 291 g/mol. The molecule has 0 spiro atoms. The van der Waals surface area contributed by atoms with E-state index in [1.165, 1.54) is 0 Å². The molecule has 0 unspecified atom stereocenters. The van der Waals surface area contributed by atoms with Crippen LogP contribution in [0.3, 0.4) is 0 Å². The number of carbonyl (C=O) groups is 2. The van der Waals surface area contributed by atoms with E-state index in [4.69, 9.17) is 10.2 Å². The van der Waals surface area contributed by atoms with Crippen LogP contribution >= 0.6 is 0 Å². The Morgan fingerprint density at radius 2 is 1.62 bits per heavy atom. The summed E-state index contributed by atoms with van der Waals surface area (Å²) in [6.45, 7) is 0.856. The second-order valence-electron chi connectivity index (χ2n) is 4.49. The molecule has 1 aromatic rings. The van der Waals surface area contributed by atoms with Crippen molar-refractivity contribution in [1.29, 1.82) is 0 Å². The van der Waals surface area contributed by atoms with E-state index in [0.29, 0.717) is 13.1 Å². The van der Waals surface area contributed by atoms with Crippen molar-refractivity contribution in [3.8, 4) is 0 Å². The first-order valence-electron chi connectivity index (χ1n) is 6.55. The van der Waals surface area contributed by atoms with Crippen LogP contribution in [0.5, 0.6) is 0 Å². The van der Waals surface area contributed by atoms with Crippen molar-refractivity contribution in [2.45, 2.75) is 0 Å². The van der Waals surface area contributed by atoms with Gasteiger partial charge in [-0.3, -0.25) is 10.1 Å². The zero-order valence-electron chi connectivity index (χ0n) is 11.4. The van der Waals surface area contributed by atoms with Crippen LogP contribution in [0.2, 0.25) is 0 Å². The molecular weight excluding hydrogens is 274 g/mol. The Hall–Kier alpha value is -2.38. The van der Waals surface area contributed by atoms with Crippen molar-refractivity contribution >= 4 is 23.7 Å². The van der Waals surface area contributed by atoms with Crippen LogP contribution in [-0.2, 0) is 4.79 Å². The van der Waals surface area contributed by atoms with E-state index in [9.17, 15) is 9.59 Å². The number of nitrogens with one attached hydrogen (secondary N) is 2. The molecule has 1 aromatic carbocycles. The topological polar surface area (TPSA) is 102 Å². The smallest absolute Gasteiger partial charge is 0.326 e. The zero-order valence-corrected chi connectivity index (χ0v) is 11.4. The summed E-state index contributed by atoms with van der Waals surface area (Å²) < 4.78 is 0. The van der Waals surface area contributed by atoms with Crippen LogP contribution in [0, 0.1) is 0 Å². The van der Waals surface area contributed by atoms with Gasteiger partial charge < -0.3 is 20.4 Å². The van der Waals surface area contributed by atoms with Crippen LogP contribution in [-0.4, -0.2) is 48.5 Å². The molecule has 2 rings (SSSR count). The Labute approximate surface area is 121 Å². The number of aliphatic hydroxyl groups is 2. The second-order valence-corrected chi connectivity index (χ2v) is 4.49. The molecule has 1 aliphatic heterocycles. The number of carbonyl (C=O) groups excluding carboxylic acids is 2. The van der Waals surface area contributed by atoms with E-state index in [-0.39, 0.29) is 18.9 Å². The Morgan fingerprint density at radius 3 is 2.10 bits per heavy atom. The van der Waals surface area contributed by atoms with Crippen molar-refractivity contribution in [2.24, 2.45) is 0 Å². The molecular formula is C14H17N3O4. The van der Waals surface area contributed by atoms with Gasteiger partial charge in [0.15, 0.2) is 0 Å². The van der Waals surface area contributed by atoms with Crippen LogP contribution in [0.15, 0.2) is 30.0 Å². The number of urea groups is 1. The van der Waals surface area contributed by atoms with E-state index in [1.54, 1.807) is 18.2 Å². The number of imide groups is 1. The van der Waals surface area contributed by atoms with Gasteiger partial charge in [-0.25, -0.2) is 4.79 Å². The highest BCUT2D eigenvalue weighted by molar-refractivity contribution is 6.13. The lowest BCUT2D eigenvalue weighted by Gasteiger charge is -2.22. The normalized spacial score (nSPS) is 16.0. The van der Waals surface area contributed by atoms with Crippen molar-refractivity contribution in [3.63, 3.8) is 0 Å². The third-order valence-electron chi connectivity index (χ3n) is 3.03. The van der Waals surface area contributed by atoms with E-state index >= 15 is 0 Å². The number of rotatable bonds is 6. The molecule has 0 bridgehead atoms. The molecule has 0 aromatic heterocycles. The molecule has 1 saturated heterocycles. The molecule has 21 heavy (non-hydrogen) atoms. The van der Waals surface area contributed by atoms with Crippen LogP contribution in [0.4, 0.5) is 10.5 Å². The van der Waals surface area contributed by atoms with Gasteiger partial charge in [-0.05, 0) is 23.8 Å². The molecule has 112 valence electrons. The number of benzene rings is 1. The highest BCUT2D eigenvalue weighted by Crippen LogP contribution is 2.17. The SMILES string of the molecule is O=C1NC(=O)/C(=C\c2ccc(N(CCO)CCO)cc2)N1. The molecule has 0 radical (unpaired) electrons. The predicted octanol–water partition coefficient (Wildman–Crippen LogP) is -0.342. The average molecular weight is 291 g/mol. The van der Waals surface area contributed by atoms with Gasteiger partial charge in [0, 0.05) is 18.8 Å². The maximum atomic E-state index is 11.4. The first-order valence-corrected chi connectivity index (χ1v) is 6.55. The lowest BCUT2D eigenvalue weighted by atomic mass is 10.1. The molecule has 7 nitrogen and oxygen atoms in total. The Bertz CT molecular complexity index is 548. The molecule has 1 fully saturated rings. The van der Waals surface area contributed by atoms with Crippen molar-refractivity contribution in [1.82, 2.24) is 10.6 Å². The van der Waals surface area contributed by atoms with Crippen molar-refractivity contribution < 1.29 is 19.8 Å². The minimum Gasteiger partial charge on any atom is -0.395 e. The van der Waals surface area contributed by atoms with Crippen molar-refractivity contribution in [2.75, 3.05) is 31.2 Å². The minimum atomic E-state index is -0.528. The number of aliphatic hydroxyl groups excluding tert-OH is 2. The quantitative estimate of drug-likeness (QED) is 0.424. The minimum absolute atomic E-state index is 0.00198. The average Bonchev–Trinajstić information content (AvgIpc) is 2.77. The first kappa shape index (κ1) is 15.0.